The van der Waals surface area contributed by atoms with E-state index in [1.165, 1.54) is 6.42 Å². The van der Waals surface area contributed by atoms with Crippen molar-refractivity contribution in [2.24, 2.45) is 0 Å². The van der Waals surface area contributed by atoms with Gasteiger partial charge in [-0.15, -0.1) is 0 Å². The zero-order valence-corrected chi connectivity index (χ0v) is 13.4. The highest BCUT2D eigenvalue weighted by molar-refractivity contribution is 9.10. The fraction of sp³-hybridized carbons (Fsp3) is 0.500. The standard InChI is InChI=1S/C14H17Br2NO/c15-9-2-10-17(13-3-1-4-13)14(18)11-5-7-12(16)8-6-11/h5-8,13H,1-4,9-10H2. The predicted molar refractivity (Wildman–Crippen MR) is 81.2 cm³/mol. The summed E-state index contributed by atoms with van der Waals surface area (Å²) in [6.45, 7) is 0.852. The molecule has 2 rings (SSSR count). The maximum absolute atomic E-state index is 12.5. The van der Waals surface area contributed by atoms with Crippen molar-refractivity contribution in [1.29, 1.82) is 0 Å². The first-order valence-corrected chi connectivity index (χ1v) is 8.26. The largest absolute Gasteiger partial charge is 0.336 e. The molecule has 0 radical (unpaired) electrons. The molecule has 0 atom stereocenters. The van der Waals surface area contributed by atoms with Crippen LogP contribution < -0.4 is 0 Å². The molecule has 18 heavy (non-hydrogen) atoms. The average molecular weight is 375 g/mol. The van der Waals surface area contributed by atoms with Gasteiger partial charge in [0.1, 0.15) is 0 Å². The summed E-state index contributed by atoms with van der Waals surface area (Å²) in [4.78, 5) is 14.5. The Kier molecular flexibility index (Phi) is 5.25. The monoisotopic (exact) mass is 373 g/mol. The highest BCUT2D eigenvalue weighted by atomic mass is 79.9. The first kappa shape index (κ1) is 14.1. The molecule has 1 aliphatic carbocycles. The molecule has 0 N–H and O–H groups in total. The summed E-state index contributed by atoms with van der Waals surface area (Å²) in [6, 6.07) is 8.10. The zero-order valence-electron chi connectivity index (χ0n) is 10.2. The summed E-state index contributed by atoms with van der Waals surface area (Å²) >= 11 is 6.83. The Bertz CT molecular complexity index is 401. The van der Waals surface area contributed by atoms with Gasteiger partial charge in [-0.05, 0) is 49.9 Å². The molecule has 0 spiro atoms. The van der Waals surface area contributed by atoms with Gasteiger partial charge in [0.05, 0.1) is 0 Å². The first-order chi connectivity index (χ1) is 8.72. The van der Waals surface area contributed by atoms with Crippen LogP contribution in [0.2, 0.25) is 0 Å². The third kappa shape index (κ3) is 3.35. The van der Waals surface area contributed by atoms with Gasteiger partial charge in [-0.2, -0.15) is 0 Å². The van der Waals surface area contributed by atoms with Crippen LogP contribution in [0.5, 0.6) is 0 Å². The lowest BCUT2D eigenvalue weighted by atomic mass is 9.91. The van der Waals surface area contributed by atoms with Gasteiger partial charge < -0.3 is 4.90 Å². The molecule has 0 aromatic heterocycles. The van der Waals surface area contributed by atoms with Gasteiger partial charge in [-0.25, -0.2) is 0 Å². The normalized spacial score (nSPS) is 15.2. The summed E-state index contributed by atoms with van der Waals surface area (Å²) in [7, 11) is 0. The Balaban J connectivity index is 2.08. The molecule has 1 aliphatic rings. The number of benzene rings is 1. The van der Waals surface area contributed by atoms with Crippen LogP contribution in [-0.4, -0.2) is 28.7 Å². The molecule has 1 aromatic carbocycles. The summed E-state index contributed by atoms with van der Waals surface area (Å²) in [5, 5.41) is 0.948. The number of hydrogen-bond donors (Lipinski definition) is 0. The van der Waals surface area contributed by atoms with Crippen molar-refractivity contribution < 1.29 is 4.79 Å². The Hall–Kier alpha value is -0.350. The summed E-state index contributed by atoms with van der Waals surface area (Å²) < 4.78 is 1.01. The Morgan fingerprint density at radius 2 is 1.94 bits per heavy atom. The molecular formula is C14H17Br2NO. The number of alkyl halides is 1. The SMILES string of the molecule is O=C(c1ccc(Br)cc1)N(CCCBr)C1CCC1. The minimum Gasteiger partial charge on any atom is -0.336 e. The molecule has 0 saturated heterocycles. The third-order valence-corrected chi connectivity index (χ3v) is 4.49. The number of halogens is 2. The Morgan fingerprint density at radius 3 is 2.44 bits per heavy atom. The predicted octanol–water partition coefficient (Wildman–Crippen LogP) is 4.23. The lowest BCUT2D eigenvalue weighted by Crippen LogP contribution is -2.44. The van der Waals surface area contributed by atoms with E-state index in [9.17, 15) is 4.79 Å². The maximum atomic E-state index is 12.5. The van der Waals surface area contributed by atoms with Crippen molar-refractivity contribution in [3.63, 3.8) is 0 Å². The van der Waals surface area contributed by atoms with E-state index in [4.69, 9.17) is 0 Å². The molecule has 1 aromatic rings. The van der Waals surface area contributed by atoms with Crippen molar-refractivity contribution in [3.05, 3.63) is 34.3 Å². The van der Waals surface area contributed by atoms with E-state index in [2.05, 4.69) is 31.9 Å². The van der Waals surface area contributed by atoms with E-state index in [1.807, 2.05) is 29.2 Å². The summed E-state index contributed by atoms with van der Waals surface area (Å²) in [6.07, 6.45) is 4.58. The minimum absolute atomic E-state index is 0.174. The van der Waals surface area contributed by atoms with Gasteiger partial charge in [-0.3, -0.25) is 4.79 Å². The first-order valence-electron chi connectivity index (χ1n) is 6.35. The van der Waals surface area contributed by atoms with Crippen molar-refractivity contribution in [2.75, 3.05) is 11.9 Å². The molecule has 2 nitrogen and oxygen atoms in total. The van der Waals surface area contributed by atoms with Crippen LogP contribution in [0.25, 0.3) is 0 Å². The molecular weight excluding hydrogens is 358 g/mol. The van der Waals surface area contributed by atoms with Crippen molar-refractivity contribution in [2.45, 2.75) is 31.7 Å². The molecule has 4 heteroatoms. The van der Waals surface area contributed by atoms with Crippen LogP contribution in [0.3, 0.4) is 0 Å². The molecule has 0 aliphatic heterocycles. The second-order valence-electron chi connectivity index (χ2n) is 4.63. The van der Waals surface area contributed by atoms with Crippen molar-refractivity contribution in [1.82, 2.24) is 4.90 Å². The number of amides is 1. The molecule has 1 fully saturated rings. The van der Waals surface area contributed by atoms with Crippen molar-refractivity contribution in [3.8, 4) is 0 Å². The number of carbonyl (C=O) groups is 1. The van der Waals surface area contributed by atoms with Crippen LogP contribution in [0.4, 0.5) is 0 Å². The number of carbonyl (C=O) groups excluding carboxylic acids is 1. The van der Waals surface area contributed by atoms with E-state index >= 15 is 0 Å². The Labute approximate surface area is 125 Å². The van der Waals surface area contributed by atoms with Crippen molar-refractivity contribution >= 4 is 37.8 Å². The van der Waals surface area contributed by atoms with E-state index < -0.39 is 0 Å². The molecule has 0 bridgehead atoms. The number of rotatable bonds is 5. The van der Waals surface area contributed by atoms with Crippen LogP contribution in [0.1, 0.15) is 36.0 Å². The highest BCUT2D eigenvalue weighted by Crippen LogP contribution is 2.26. The lowest BCUT2D eigenvalue weighted by Gasteiger charge is -2.37. The van der Waals surface area contributed by atoms with Crippen LogP contribution >= 0.6 is 31.9 Å². The van der Waals surface area contributed by atoms with E-state index in [-0.39, 0.29) is 5.91 Å². The fourth-order valence-corrected chi connectivity index (χ4v) is 2.65. The van der Waals surface area contributed by atoms with Gasteiger partial charge in [0.2, 0.25) is 0 Å². The second kappa shape index (κ2) is 6.71. The smallest absolute Gasteiger partial charge is 0.254 e. The molecule has 1 saturated carbocycles. The second-order valence-corrected chi connectivity index (χ2v) is 6.34. The quantitative estimate of drug-likeness (QED) is 0.706. The fourth-order valence-electron chi connectivity index (χ4n) is 2.14. The lowest BCUT2D eigenvalue weighted by molar-refractivity contribution is 0.0581. The number of hydrogen-bond acceptors (Lipinski definition) is 1. The van der Waals surface area contributed by atoms with Crippen LogP contribution in [0.15, 0.2) is 28.7 Å². The minimum atomic E-state index is 0.174. The molecule has 0 heterocycles. The molecule has 0 unspecified atom stereocenters. The van der Waals surface area contributed by atoms with Gasteiger partial charge in [0, 0.05) is 28.0 Å². The van der Waals surface area contributed by atoms with Gasteiger partial charge in [-0.1, -0.05) is 31.9 Å². The molecule has 1 amide bonds. The topological polar surface area (TPSA) is 20.3 Å². The molecule has 98 valence electrons. The number of nitrogens with zero attached hydrogens (tertiary/aromatic N) is 1. The summed E-state index contributed by atoms with van der Waals surface area (Å²) in [5.74, 6) is 0.174. The zero-order chi connectivity index (χ0) is 13.0. The maximum Gasteiger partial charge on any atom is 0.254 e. The Morgan fingerprint density at radius 1 is 1.28 bits per heavy atom. The van der Waals surface area contributed by atoms with E-state index in [0.29, 0.717) is 6.04 Å². The van der Waals surface area contributed by atoms with E-state index in [1.54, 1.807) is 0 Å². The van der Waals surface area contributed by atoms with Gasteiger partial charge in [0.25, 0.3) is 5.91 Å². The van der Waals surface area contributed by atoms with E-state index in [0.717, 1.165) is 41.2 Å². The van der Waals surface area contributed by atoms with Gasteiger partial charge in [0.15, 0.2) is 0 Å². The van der Waals surface area contributed by atoms with Crippen LogP contribution in [0, 0.1) is 0 Å². The average Bonchev–Trinajstić information content (AvgIpc) is 2.32. The summed E-state index contributed by atoms with van der Waals surface area (Å²) in [5.41, 5.74) is 0.791. The third-order valence-electron chi connectivity index (χ3n) is 3.40. The highest BCUT2D eigenvalue weighted by Gasteiger charge is 2.28. The van der Waals surface area contributed by atoms with Gasteiger partial charge >= 0.3 is 0 Å². The van der Waals surface area contributed by atoms with Crippen LogP contribution in [-0.2, 0) is 0 Å².